The maximum Gasteiger partial charge on any atom is 0.251 e. The van der Waals surface area contributed by atoms with E-state index in [0.717, 1.165) is 5.56 Å². The van der Waals surface area contributed by atoms with Crippen LogP contribution in [0, 0.1) is 12.7 Å². The zero-order valence-corrected chi connectivity index (χ0v) is 8.83. The van der Waals surface area contributed by atoms with E-state index in [0.29, 0.717) is 17.9 Å². The Morgan fingerprint density at radius 1 is 1.38 bits per heavy atom. The Morgan fingerprint density at radius 2 is 2.19 bits per heavy atom. The standard InChI is InChI=1S/C12H11FN2O/c1-8-5-12(16)15-11(14-8)7-9-3-2-4-10(13)6-9/h2-6H,7H2,1H3,(H,14,15,16). The van der Waals surface area contributed by atoms with E-state index in [1.54, 1.807) is 19.1 Å². The van der Waals surface area contributed by atoms with Gasteiger partial charge in [0.05, 0.1) is 0 Å². The second-order valence-electron chi connectivity index (χ2n) is 3.64. The molecule has 0 radical (unpaired) electrons. The third-order valence-corrected chi connectivity index (χ3v) is 2.18. The normalized spacial score (nSPS) is 10.4. The number of benzene rings is 1. The van der Waals surface area contributed by atoms with Gasteiger partial charge >= 0.3 is 0 Å². The number of aromatic amines is 1. The molecule has 1 heterocycles. The van der Waals surface area contributed by atoms with E-state index in [2.05, 4.69) is 9.97 Å². The number of rotatable bonds is 2. The summed E-state index contributed by atoms with van der Waals surface area (Å²) in [5.41, 5.74) is 1.27. The van der Waals surface area contributed by atoms with Crippen LogP contribution in [0.15, 0.2) is 35.1 Å². The van der Waals surface area contributed by atoms with Crippen molar-refractivity contribution < 1.29 is 4.39 Å². The molecule has 82 valence electrons. The van der Waals surface area contributed by atoms with Gasteiger partial charge in [0.15, 0.2) is 0 Å². The minimum atomic E-state index is -0.285. The van der Waals surface area contributed by atoms with Gasteiger partial charge in [0.25, 0.3) is 5.56 Å². The predicted octanol–water partition coefficient (Wildman–Crippen LogP) is 1.81. The fraction of sp³-hybridized carbons (Fsp3) is 0.167. The van der Waals surface area contributed by atoms with Crippen molar-refractivity contribution in [3.8, 4) is 0 Å². The van der Waals surface area contributed by atoms with Gasteiger partial charge < -0.3 is 4.98 Å². The molecule has 0 aliphatic carbocycles. The zero-order chi connectivity index (χ0) is 11.5. The molecule has 3 nitrogen and oxygen atoms in total. The Morgan fingerprint density at radius 3 is 2.88 bits per heavy atom. The van der Waals surface area contributed by atoms with Crippen molar-refractivity contribution in [2.45, 2.75) is 13.3 Å². The van der Waals surface area contributed by atoms with Gasteiger partial charge in [-0.05, 0) is 24.6 Å². The zero-order valence-electron chi connectivity index (χ0n) is 8.83. The molecule has 1 aromatic carbocycles. The van der Waals surface area contributed by atoms with Crippen molar-refractivity contribution in [1.82, 2.24) is 9.97 Å². The average molecular weight is 218 g/mol. The molecule has 0 amide bonds. The number of aryl methyl sites for hydroxylation is 1. The van der Waals surface area contributed by atoms with Gasteiger partial charge in [-0.25, -0.2) is 9.37 Å². The second-order valence-corrected chi connectivity index (χ2v) is 3.64. The molecule has 0 aliphatic heterocycles. The summed E-state index contributed by atoms with van der Waals surface area (Å²) in [5, 5.41) is 0. The fourth-order valence-electron chi connectivity index (χ4n) is 1.57. The molecular weight excluding hydrogens is 207 g/mol. The first kappa shape index (κ1) is 10.5. The third kappa shape index (κ3) is 2.53. The highest BCUT2D eigenvalue weighted by atomic mass is 19.1. The summed E-state index contributed by atoms with van der Waals surface area (Å²) in [7, 11) is 0. The van der Waals surface area contributed by atoms with E-state index in [-0.39, 0.29) is 11.4 Å². The first-order chi connectivity index (χ1) is 7.63. The van der Waals surface area contributed by atoms with Crippen molar-refractivity contribution in [2.75, 3.05) is 0 Å². The van der Waals surface area contributed by atoms with Crippen LogP contribution < -0.4 is 5.56 Å². The van der Waals surface area contributed by atoms with Gasteiger partial charge in [0, 0.05) is 18.2 Å². The largest absolute Gasteiger partial charge is 0.310 e. The lowest BCUT2D eigenvalue weighted by Gasteiger charge is -2.02. The van der Waals surface area contributed by atoms with E-state index >= 15 is 0 Å². The van der Waals surface area contributed by atoms with Crippen LogP contribution in [0.25, 0.3) is 0 Å². The molecule has 0 aliphatic rings. The molecule has 16 heavy (non-hydrogen) atoms. The SMILES string of the molecule is Cc1cc(=O)[nH]c(Cc2cccc(F)c2)n1. The van der Waals surface area contributed by atoms with E-state index in [9.17, 15) is 9.18 Å². The highest BCUT2D eigenvalue weighted by Crippen LogP contribution is 2.07. The molecule has 0 bridgehead atoms. The van der Waals surface area contributed by atoms with Crippen molar-refractivity contribution >= 4 is 0 Å². The Bertz CT molecular complexity index is 563. The van der Waals surface area contributed by atoms with Crippen molar-refractivity contribution in [3.63, 3.8) is 0 Å². The molecule has 2 rings (SSSR count). The molecule has 2 aromatic rings. The lowest BCUT2D eigenvalue weighted by molar-refractivity contribution is 0.625. The van der Waals surface area contributed by atoms with Crippen LogP contribution >= 0.6 is 0 Å². The number of aromatic nitrogens is 2. The van der Waals surface area contributed by atoms with Gasteiger partial charge in [0.1, 0.15) is 11.6 Å². The number of nitrogens with one attached hydrogen (secondary N) is 1. The maximum absolute atomic E-state index is 12.9. The Hall–Kier alpha value is -1.97. The quantitative estimate of drug-likeness (QED) is 0.835. The lowest BCUT2D eigenvalue weighted by atomic mass is 10.1. The summed E-state index contributed by atoms with van der Waals surface area (Å²) in [6.45, 7) is 1.75. The molecule has 0 saturated carbocycles. The molecular formula is C12H11FN2O. The molecule has 1 aromatic heterocycles. The van der Waals surface area contributed by atoms with Crippen LogP contribution in [0.5, 0.6) is 0 Å². The summed E-state index contributed by atoms with van der Waals surface area (Å²) in [6.07, 6.45) is 0.425. The van der Waals surface area contributed by atoms with E-state index in [4.69, 9.17) is 0 Å². The van der Waals surface area contributed by atoms with Gasteiger partial charge in [-0.3, -0.25) is 4.79 Å². The van der Waals surface area contributed by atoms with E-state index in [1.807, 2.05) is 0 Å². The highest BCUT2D eigenvalue weighted by Gasteiger charge is 2.01. The average Bonchev–Trinajstić information content (AvgIpc) is 2.15. The van der Waals surface area contributed by atoms with Crippen LogP contribution in [0.4, 0.5) is 4.39 Å². The molecule has 0 fully saturated rings. The number of halogens is 1. The summed E-state index contributed by atoms with van der Waals surface area (Å²) in [6, 6.07) is 7.68. The molecule has 0 spiro atoms. The molecule has 0 saturated heterocycles. The van der Waals surface area contributed by atoms with Crippen LogP contribution in [-0.4, -0.2) is 9.97 Å². The summed E-state index contributed by atoms with van der Waals surface area (Å²) >= 11 is 0. The minimum absolute atomic E-state index is 0.182. The summed E-state index contributed by atoms with van der Waals surface area (Å²) in [5.74, 6) is 0.267. The van der Waals surface area contributed by atoms with Gasteiger partial charge in [-0.15, -0.1) is 0 Å². The maximum atomic E-state index is 12.9. The van der Waals surface area contributed by atoms with Crippen molar-refractivity contribution in [1.29, 1.82) is 0 Å². The van der Waals surface area contributed by atoms with E-state index in [1.165, 1.54) is 18.2 Å². The van der Waals surface area contributed by atoms with Gasteiger partial charge in [-0.1, -0.05) is 12.1 Å². The van der Waals surface area contributed by atoms with Crippen molar-refractivity contribution in [3.05, 3.63) is 63.6 Å². The fourth-order valence-corrected chi connectivity index (χ4v) is 1.57. The smallest absolute Gasteiger partial charge is 0.251 e. The van der Waals surface area contributed by atoms with Crippen LogP contribution in [0.3, 0.4) is 0 Å². The molecule has 0 unspecified atom stereocenters. The van der Waals surface area contributed by atoms with Crippen LogP contribution in [0.1, 0.15) is 17.1 Å². The number of nitrogens with zero attached hydrogens (tertiary/aromatic N) is 1. The lowest BCUT2D eigenvalue weighted by Crippen LogP contribution is -2.11. The Kier molecular flexibility index (Phi) is 2.81. The first-order valence-corrected chi connectivity index (χ1v) is 4.95. The second kappa shape index (κ2) is 4.26. The first-order valence-electron chi connectivity index (χ1n) is 4.95. The molecule has 0 atom stereocenters. The number of H-pyrrole nitrogens is 1. The minimum Gasteiger partial charge on any atom is -0.310 e. The van der Waals surface area contributed by atoms with Gasteiger partial charge in [-0.2, -0.15) is 0 Å². The highest BCUT2D eigenvalue weighted by molar-refractivity contribution is 5.20. The third-order valence-electron chi connectivity index (χ3n) is 2.18. The van der Waals surface area contributed by atoms with Crippen LogP contribution in [-0.2, 0) is 6.42 Å². The Balaban J connectivity index is 2.30. The topological polar surface area (TPSA) is 45.8 Å². The van der Waals surface area contributed by atoms with Gasteiger partial charge in [0.2, 0.25) is 0 Å². The predicted molar refractivity (Wildman–Crippen MR) is 58.8 cm³/mol. The molecule has 1 N–H and O–H groups in total. The number of hydrogen-bond acceptors (Lipinski definition) is 2. The summed E-state index contributed by atoms with van der Waals surface area (Å²) in [4.78, 5) is 18.0. The number of hydrogen-bond donors (Lipinski definition) is 1. The van der Waals surface area contributed by atoms with Crippen molar-refractivity contribution in [2.24, 2.45) is 0 Å². The van der Waals surface area contributed by atoms with Crippen LogP contribution in [0.2, 0.25) is 0 Å². The summed E-state index contributed by atoms with van der Waals surface area (Å²) < 4.78 is 12.9. The monoisotopic (exact) mass is 218 g/mol. The van der Waals surface area contributed by atoms with E-state index < -0.39 is 0 Å². The Labute approximate surface area is 92.0 Å². The molecule has 4 heteroatoms.